The van der Waals surface area contributed by atoms with E-state index < -0.39 is 4.92 Å². The first-order valence-corrected chi connectivity index (χ1v) is 7.85. The minimum absolute atomic E-state index is 0.0466. The van der Waals surface area contributed by atoms with Gasteiger partial charge in [0.1, 0.15) is 0 Å². The zero-order valence-corrected chi connectivity index (χ0v) is 14.0. The monoisotopic (exact) mass is 335 g/mol. The second-order valence-electron chi connectivity index (χ2n) is 5.83. The van der Waals surface area contributed by atoms with Gasteiger partial charge in [-0.1, -0.05) is 30.3 Å². The zero-order chi connectivity index (χ0) is 18.0. The van der Waals surface area contributed by atoms with E-state index in [0.29, 0.717) is 12.0 Å². The van der Waals surface area contributed by atoms with Crippen molar-refractivity contribution >= 4 is 11.6 Å². The molecule has 6 heteroatoms. The molecule has 6 nitrogen and oxygen atoms in total. The summed E-state index contributed by atoms with van der Waals surface area (Å²) in [6.07, 6.45) is 0.700. The molecule has 0 radical (unpaired) electrons. The van der Waals surface area contributed by atoms with Gasteiger partial charge in [0.05, 0.1) is 10.6 Å². The summed E-state index contributed by atoms with van der Waals surface area (Å²) in [5, 5.41) is 15.1. The Balaban J connectivity index is 1.91. The first kappa shape index (κ1) is 16.6. The summed E-state index contributed by atoms with van der Waals surface area (Å²) in [5.74, 6) is -0.296. The molecule has 0 saturated carbocycles. The maximum Gasteiger partial charge on any atom is 0.278 e. The van der Waals surface area contributed by atoms with E-state index >= 15 is 0 Å². The Kier molecular flexibility index (Phi) is 4.43. The highest BCUT2D eigenvalue weighted by atomic mass is 16.6. The van der Waals surface area contributed by atoms with Crippen molar-refractivity contribution in [3.05, 3.63) is 92.8 Å². The van der Waals surface area contributed by atoms with E-state index in [9.17, 15) is 14.9 Å². The lowest BCUT2D eigenvalue weighted by atomic mass is 10.0. The maximum atomic E-state index is 12.7. The predicted octanol–water partition coefficient (Wildman–Crippen LogP) is 3.69. The Morgan fingerprint density at radius 1 is 1.08 bits per heavy atom. The van der Waals surface area contributed by atoms with E-state index in [0.717, 1.165) is 22.5 Å². The van der Waals surface area contributed by atoms with Gasteiger partial charge in [-0.05, 0) is 31.5 Å². The number of hydrogen-bond acceptors (Lipinski definition) is 4. The molecule has 0 aliphatic rings. The summed E-state index contributed by atoms with van der Waals surface area (Å²) in [4.78, 5) is 22.9. The molecule has 25 heavy (non-hydrogen) atoms. The lowest BCUT2D eigenvalue weighted by molar-refractivity contribution is -0.384. The van der Waals surface area contributed by atoms with E-state index in [-0.39, 0.29) is 11.6 Å². The third kappa shape index (κ3) is 3.33. The van der Waals surface area contributed by atoms with Crippen molar-refractivity contribution in [3.63, 3.8) is 0 Å². The molecule has 1 heterocycles. The Morgan fingerprint density at radius 2 is 1.72 bits per heavy atom. The van der Waals surface area contributed by atoms with Crippen molar-refractivity contribution in [2.75, 3.05) is 0 Å². The fourth-order valence-corrected chi connectivity index (χ4v) is 2.78. The van der Waals surface area contributed by atoms with Crippen LogP contribution in [0.1, 0.15) is 32.9 Å². The van der Waals surface area contributed by atoms with Gasteiger partial charge in [-0.15, -0.1) is 0 Å². The third-order valence-corrected chi connectivity index (χ3v) is 4.18. The van der Waals surface area contributed by atoms with Gasteiger partial charge < -0.3 is 0 Å². The number of non-ortho nitro benzene ring substituents is 1. The summed E-state index contributed by atoms with van der Waals surface area (Å²) < 4.78 is 1.37. The van der Waals surface area contributed by atoms with E-state index in [4.69, 9.17) is 0 Å². The molecule has 3 rings (SSSR count). The largest absolute Gasteiger partial charge is 0.278 e. The highest BCUT2D eigenvalue weighted by Gasteiger charge is 2.18. The topological polar surface area (TPSA) is 78.0 Å². The van der Waals surface area contributed by atoms with E-state index in [1.54, 1.807) is 0 Å². The van der Waals surface area contributed by atoms with Crippen molar-refractivity contribution in [3.8, 4) is 0 Å². The second-order valence-corrected chi connectivity index (χ2v) is 5.83. The quantitative estimate of drug-likeness (QED) is 0.538. The number of carbonyl (C=O) groups is 1. The maximum absolute atomic E-state index is 12.7. The van der Waals surface area contributed by atoms with Crippen molar-refractivity contribution in [2.45, 2.75) is 20.3 Å². The van der Waals surface area contributed by atoms with Crippen LogP contribution in [0.5, 0.6) is 0 Å². The Morgan fingerprint density at radius 3 is 2.32 bits per heavy atom. The SMILES string of the molecule is Cc1nn(C(=O)c2ccc([N+](=O)[O-])cc2)c(C)c1Cc1ccccc1. The summed E-state index contributed by atoms with van der Waals surface area (Å²) in [6.45, 7) is 3.74. The van der Waals surface area contributed by atoms with Crippen LogP contribution < -0.4 is 0 Å². The number of nitrogens with zero attached hydrogens (tertiary/aromatic N) is 3. The molecule has 0 aliphatic carbocycles. The van der Waals surface area contributed by atoms with Crippen molar-refractivity contribution in [1.29, 1.82) is 0 Å². The van der Waals surface area contributed by atoms with Crippen LogP contribution in [0.2, 0.25) is 0 Å². The number of nitro benzene ring substituents is 1. The van der Waals surface area contributed by atoms with Crippen LogP contribution in [0.3, 0.4) is 0 Å². The molecule has 0 fully saturated rings. The van der Waals surface area contributed by atoms with Gasteiger partial charge in [0, 0.05) is 35.4 Å². The molecule has 2 aromatic carbocycles. The molecule has 0 unspecified atom stereocenters. The van der Waals surface area contributed by atoms with Crippen LogP contribution in [0, 0.1) is 24.0 Å². The van der Waals surface area contributed by atoms with Crippen LogP contribution >= 0.6 is 0 Å². The fourth-order valence-electron chi connectivity index (χ4n) is 2.78. The number of nitro groups is 1. The molecule has 0 bridgehead atoms. The number of aryl methyl sites for hydroxylation is 1. The Labute approximate surface area is 144 Å². The third-order valence-electron chi connectivity index (χ3n) is 4.18. The van der Waals surface area contributed by atoms with Crippen LogP contribution in [-0.4, -0.2) is 20.6 Å². The lowest BCUT2D eigenvalue weighted by Crippen LogP contribution is -2.15. The molecule has 0 aliphatic heterocycles. The summed E-state index contributed by atoms with van der Waals surface area (Å²) >= 11 is 0. The molecule has 1 aromatic heterocycles. The van der Waals surface area contributed by atoms with Crippen LogP contribution in [0.4, 0.5) is 5.69 Å². The molecular formula is C19H17N3O3. The molecule has 0 saturated heterocycles. The number of aromatic nitrogens is 2. The van der Waals surface area contributed by atoms with Crippen LogP contribution in [0.15, 0.2) is 54.6 Å². The smallest absolute Gasteiger partial charge is 0.267 e. The summed E-state index contributed by atoms with van der Waals surface area (Å²) in [7, 11) is 0. The minimum Gasteiger partial charge on any atom is -0.267 e. The highest BCUT2D eigenvalue weighted by molar-refractivity contribution is 5.96. The second kappa shape index (κ2) is 6.68. The molecule has 0 atom stereocenters. The Bertz CT molecular complexity index is 929. The van der Waals surface area contributed by atoms with Crippen molar-refractivity contribution in [1.82, 2.24) is 9.78 Å². The summed E-state index contributed by atoms with van der Waals surface area (Å²) in [6, 6.07) is 15.5. The van der Waals surface area contributed by atoms with Gasteiger partial charge in [0.15, 0.2) is 0 Å². The van der Waals surface area contributed by atoms with Gasteiger partial charge in [-0.3, -0.25) is 14.9 Å². The fraction of sp³-hybridized carbons (Fsp3) is 0.158. The molecule has 3 aromatic rings. The lowest BCUT2D eigenvalue weighted by Gasteiger charge is -2.05. The van der Waals surface area contributed by atoms with Gasteiger partial charge in [-0.25, -0.2) is 4.68 Å². The normalized spacial score (nSPS) is 10.6. The number of benzene rings is 2. The van der Waals surface area contributed by atoms with Gasteiger partial charge in [0.2, 0.25) is 0 Å². The predicted molar refractivity (Wildman–Crippen MR) is 93.8 cm³/mol. The first-order valence-electron chi connectivity index (χ1n) is 7.85. The Hall–Kier alpha value is -3.28. The molecule has 0 N–H and O–H groups in total. The number of hydrogen-bond donors (Lipinski definition) is 0. The number of rotatable bonds is 4. The summed E-state index contributed by atoms with van der Waals surface area (Å²) in [5.41, 5.74) is 4.07. The highest BCUT2D eigenvalue weighted by Crippen LogP contribution is 2.20. The molecular weight excluding hydrogens is 318 g/mol. The molecule has 126 valence electrons. The van der Waals surface area contributed by atoms with Crippen molar-refractivity contribution < 1.29 is 9.72 Å². The molecule has 0 spiro atoms. The molecule has 0 amide bonds. The van der Waals surface area contributed by atoms with Gasteiger partial charge in [-0.2, -0.15) is 5.10 Å². The van der Waals surface area contributed by atoms with Crippen LogP contribution in [-0.2, 0) is 6.42 Å². The van der Waals surface area contributed by atoms with Crippen LogP contribution in [0.25, 0.3) is 0 Å². The van der Waals surface area contributed by atoms with Gasteiger partial charge in [0.25, 0.3) is 11.6 Å². The minimum atomic E-state index is -0.491. The standard InChI is InChI=1S/C19H17N3O3/c1-13-18(12-15-6-4-3-5-7-15)14(2)21(20-13)19(23)16-8-10-17(11-9-16)22(24)25/h3-11H,12H2,1-2H3. The average molecular weight is 335 g/mol. The van der Waals surface area contributed by atoms with E-state index in [1.807, 2.05) is 44.2 Å². The van der Waals surface area contributed by atoms with E-state index in [1.165, 1.54) is 28.9 Å². The van der Waals surface area contributed by atoms with Gasteiger partial charge >= 0.3 is 0 Å². The first-order chi connectivity index (χ1) is 12.0. The van der Waals surface area contributed by atoms with E-state index in [2.05, 4.69) is 5.10 Å². The van der Waals surface area contributed by atoms with Crippen molar-refractivity contribution in [2.24, 2.45) is 0 Å². The number of carbonyl (C=O) groups excluding carboxylic acids is 1. The zero-order valence-electron chi connectivity index (χ0n) is 14.0. The average Bonchev–Trinajstić information content (AvgIpc) is 2.90.